The number of benzene rings is 1. The van der Waals surface area contributed by atoms with Gasteiger partial charge in [-0.1, -0.05) is 18.1 Å². The molecule has 1 N–H and O–H groups in total. The summed E-state index contributed by atoms with van der Waals surface area (Å²) in [5.74, 6) is 0.303. The minimum absolute atomic E-state index is 0.0443. The van der Waals surface area contributed by atoms with Crippen molar-refractivity contribution in [3.63, 3.8) is 0 Å². The van der Waals surface area contributed by atoms with E-state index in [1.165, 1.54) is 6.07 Å². The molecule has 25 heavy (non-hydrogen) atoms. The van der Waals surface area contributed by atoms with E-state index in [-0.39, 0.29) is 11.2 Å². The van der Waals surface area contributed by atoms with Gasteiger partial charge in [-0.3, -0.25) is 14.9 Å². The number of nitrogens with one attached hydrogen (secondary N) is 1. The lowest BCUT2D eigenvalue weighted by atomic mass is 9.89. The third kappa shape index (κ3) is 2.84. The summed E-state index contributed by atoms with van der Waals surface area (Å²) >= 11 is 0. The Balaban J connectivity index is 1.67. The van der Waals surface area contributed by atoms with Crippen molar-refractivity contribution in [1.82, 2.24) is 5.16 Å². The molecule has 2 aromatic heterocycles. The number of carbonyl (C=O) groups excluding carboxylic acids is 1. The average Bonchev–Trinajstić information content (AvgIpc) is 2.96. The number of carbonyl (C=O) groups is 1. The first kappa shape index (κ1) is 15.6. The van der Waals surface area contributed by atoms with E-state index >= 15 is 0 Å². The van der Waals surface area contributed by atoms with E-state index in [4.69, 9.17) is 8.94 Å². The zero-order valence-electron chi connectivity index (χ0n) is 14.1. The normalized spacial score (nSPS) is 16.6. The van der Waals surface area contributed by atoms with Gasteiger partial charge in [0.25, 0.3) is 5.91 Å². The number of anilines is 1. The predicted octanol–water partition coefficient (Wildman–Crippen LogP) is 3.47. The quantitative estimate of drug-likeness (QED) is 0.773. The van der Waals surface area contributed by atoms with Crippen LogP contribution in [0.2, 0.25) is 0 Å². The first-order valence-electron chi connectivity index (χ1n) is 8.34. The lowest BCUT2D eigenvalue weighted by Crippen LogP contribution is -2.17. The van der Waals surface area contributed by atoms with Gasteiger partial charge >= 0.3 is 0 Å². The van der Waals surface area contributed by atoms with Crippen molar-refractivity contribution in [2.24, 2.45) is 5.92 Å². The smallest absolute Gasteiger partial charge is 0.293 e. The van der Waals surface area contributed by atoms with Gasteiger partial charge in [-0.15, -0.1) is 0 Å². The van der Waals surface area contributed by atoms with Crippen LogP contribution in [0.1, 0.15) is 40.7 Å². The SMILES string of the molecule is Cc1ccc2c(=O)cc(C(=O)Nc3onc4c3C[C@@H](C)CC4)oc2c1. The summed E-state index contributed by atoms with van der Waals surface area (Å²) < 4.78 is 10.9. The first-order chi connectivity index (χ1) is 12.0. The van der Waals surface area contributed by atoms with Crippen LogP contribution in [0, 0.1) is 12.8 Å². The monoisotopic (exact) mass is 338 g/mol. The Bertz CT molecular complexity index is 1030. The van der Waals surface area contributed by atoms with E-state index in [0.717, 1.165) is 36.1 Å². The van der Waals surface area contributed by atoms with Crippen LogP contribution in [0.3, 0.4) is 0 Å². The minimum Gasteiger partial charge on any atom is -0.451 e. The summed E-state index contributed by atoms with van der Waals surface area (Å²) in [6, 6.07) is 6.48. The van der Waals surface area contributed by atoms with Crippen molar-refractivity contribution in [2.45, 2.75) is 33.1 Å². The Hall–Kier alpha value is -2.89. The molecule has 6 heteroatoms. The van der Waals surface area contributed by atoms with E-state index < -0.39 is 5.91 Å². The molecule has 0 radical (unpaired) electrons. The third-order valence-electron chi connectivity index (χ3n) is 4.63. The van der Waals surface area contributed by atoms with Gasteiger partial charge < -0.3 is 8.94 Å². The molecule has 6 nitrogen and oxygen atoms in total. The lowest BCUT2D eigenvalue weighted by Gasteiger charge is -2.16. The zero-order chi connectivity index (χ0) is 17.6. The molecule has 1 amide bonds. The highest BCUT2D eigenvalue weighted by Crippen LogP contribution is 2.30. The number of nitrogens with zero attached hydrogens (tertiary/aromatic N) is 1. The summed E-state index contributed by atoms with van der Waals surface area (Å²) in [7, 11) is 0. The fourth-order valence-electron chi connectivity index (χ4n) is 3.22. The van der Waals surface area contributed by atoms with E-state index in [9.17, 15) is 9.59 Å². The molecule has 1 aliphatic rings. The van der Waals surface area contributed by atoms with Crippen molar-refractivity contribution in [1.29, 1.82) is 0 Å². The van der Waals surface area contributed by atoms with Crippen LogP contribution in [0.15, 0.2) is 38.0 Å². The molecule has 0 bridgehead atoms. The van der Waals surface area contributed by atoms with E-state index in [2.05, 4.69) is 17.4 Å². The molecule has 0 unspecified atom stereocenters. The molecule has 0 aliphatic heterocycles. The molecule has 3 aromatic rings. The number of aryl methyl sites for hydroxylation is 2. The summed E-state index contributed by atoms with van der Waals surface area (Å²) in [4.78, 5) is 24.7. The summed E-state index contributed by atoms with van der Waals surface area (Å²) in [6.45, 7) is 4.06. The molecular formula is C19H18N2O4. The lowest BCUT2D eigenvalue weighted by molar-refractivity contribution is 0.0994. The highest BCUT2D eigenvalue weighted by molar-refractivity contribution is 6.02. The zero-order valence-corrected chi connectivity index (χ0v) is 14.1. The standard InChI is InChI=1S/C19H18N2O4/c1-10-4-6-14-13(7-10)19(25-21-14)20-18(23)17-9-15(22)12-5-3-11(2)8-16(12)24-17/h3,5,8-10H,4,6-7H2,1-2H3,(H,20,23)/t10-/m0/s1. The van der Waals surface area contributed by atoms with Gasteiger partial charge in [-0.05, 0) is 49.8 Å². The van der Waals surface area contributed by atoms with Crippen LogP contribution in [-0.4, -0.2) is 11.1 Å². The Kier molecular flexibility index (Phi) is 3.67. The van der Waals surface area contributed by atoms with Crippen LogP contribution < -0.4 is 10.7 Å². The molecule has 1 atom stereocenters. The molecule has 1 aliphatic carbocycles. The maximum Gasteiger partial charge on any atom is 0.293 e. The second-order valence-electron chi connectivity index (χ2n) is 6.71. The summed E-state index contributed by atoms with van der Waals surface area (Å²) in [5, 5.41) is 7.18. The highest BCUT2D eigenvalue weighted by Gasteiger charge is 2.25. The number of hydrogen-bond acceptors (Lipinski definition) is 5. The topological polar surface area (TPSA) is 85.3 Å². The number of rotatable bonds is 2. The van der Waals surface area contributed by atoms with Crippen LogP contribution in [0.5, 0.6) is 0 Å². The van der Waals surface area contributed by atoms with Crippen LogP contribution in [-0.2, 0) is 12.8 Å². The first-order valence-corrected chi connectivity index (χ1v) is 8.34. The van der Waals surface area contributed by atoms with Gasteiger partial charge in [0.1, 0.15) is 5.58 Å². The molecular weight excluding hydrogens is 320 g/mol. The molecule has 2 heterocycles. The Morgan fingerprint density at radius 2 is 2.16 bits per heavy atom. The second kappa shape index (κ2) is 5.88. The minimum atomic E-state index is -0.516. The third-order valence-corrected chi connectivity index (χ3v) is 4.63. The molecule has 0 spiro atoms. The largest absolute Gasteiger partial charge is 0.451 e. The number of hydrogen-bond donors (Lipinski definition) is 1. The molecule has 4 rings (SSSR count). The van der Waals surface area contributed by atoms with Crippen molar-refractivity contribution < 1.29 is 13.7 Å². The predicted molar refractivity (Wildman–Crippen MR) is 92.9 cm³/mol. The Morgan fingerprint density at radius 1 is 1.32 bits per heavy atom. The number of aromatic nitrogens is 1. The van der Waals surface area contributed by atoms with Crippen molar-refractivity contribution in [3.8, 4) is 0 Å². The number of fused-ring (bicyclic) bond motifs is 2. The van der Waals surface area contributed by atoms with Gasteiger partial charge in [0.2, 0.25) is 5.88 Å². The van der Waals surface area contributed by atoms with Gasteiger partial charge in [0.05, 0.1) is 11.1 Å². The van der Waals surface area contributed by atoms with Gasteiger partial charge in [-0.2, -0.15) is 0 Å². The summed E-state index contributed by atoms with van der Waals surface area (Å²) in [5.41, 5.74) is 2.92. The average molecular weight is 338 g/mol. The second-order valence-corrected chi connectivity index (χ2v) is 6.71. The Labute approximate surface area is 143 Å². The highest BCUT2D eigenvalue weighted by atomic mass is 16.5. The van der Waals surface area contributed by atoms with Crippen LogP contribution >= 0.6 is 0 Å². The van der Waals surface area contributed by atoms with Gasteiger partial charge in [0.15, 0.2) is 11.2 Å². The fraction of sp³-hybridized carbons (Fsp3) is 0.316. The fourth-order valence-corrected chi connectivity index (χ4v) is 3.22. The summed E-state index contributed by atoms with van der Waals surface area (Å²) in [6.07, 6.45) is 2.72. The van der Waals surface area contributed by atoms with Crippen molar-refractivity contribution in [2.75, 3.05) is 5.32 Å². The van der Waals surface area contributed by atoms with Crippen molar-refractivity contribution >= 4 is 22.8 Å². The van der Waals surface area contributed by atoms with Crippen molar-refractivity contribution in [3.05, 3.63) is 57.1 Å². The maximum atomic E-state index is 12.5. The molecule has 0 saturated heterocycles. The molecule has 128 valence electrons. The maximum absolute atomic E-state index is 12.5. The molecule has 0 fully saturated rings. The van der Waals surface area contributed by atoms with Crippen LogP contribution in [0.25, 0.3) is 11.0 Å². The number of amides is 1. The van der Waals surface area contributed by atoms with Gasteiger partial charge in [-0.25, -0.2) is 0 Å². The molecule has 0 saturated carbocycles. The molecule has 1 aromatic carbocycles. The van der Waals surface area contributed by atoms with Gasteiger partial charge in [0, 0.05) is 11.6 Å². The van der Waals surface area contributed by atoms with E-state index in [1.54, 1.807) is 12.1 Å². The van der Waals surface area contributed by atoms with E-state index in [1.807, 2.05) is 13.0 Å². The van der Waals surface area contributed by atoms with E-state index in [0.29, 0.717) is 22.8 Å². The Morgan fingerprint density at radius 3 is 3.00 bits per heavy atom. The van der Waals surface area contributed by atoms with Crippen LogP contribution in [0.4, 0.5) is 5.88 Å².